The molecule has 0 radical (unpaired) electrons. The summed E-state index contributed by atoms with van der Waals surface area (Å²) in [5, 5.41) is 4.64. The summed E-state index contributed by atoms with van der Waals surface area (Å²) < 4.78 is 13.1. The molecule has 6 heteroatoms. The van der Waals surface area contributed by atoms with Gasteiger partial charge in [-0.05, 0) is 73.2 Å². The Morgan fingerprint density at radius 2 is 1.68 bits per heavy atom. The number of aromatic nitrogens is 2. The van der Waals surface area contributed by atoms with Gasteiger partial charge in [0.25, 0.3) is 5.56 Å². The third kappa shape index (κ3) is 4.14. The molecule has 0 bridgehead atoms. The Bertz CT molecular complexity index is 1180. The molecule has 5 nitrogen and oxygen atoms in total. The van der Waals surface area contributed by atoms with Crippen molar-refractivity contribution in [3.63, 3.8) is 0 Å². The third-order valence-electron chi connectivity index (χ3n) is 6.64. The van der Waals surface area contributed by atoms with E-state index < -0.39 is 10.8 Å². The molecule has 1 aromatic heterocycles. The Morgan fingerprint density at radius 3 is 2.35 bits per heavy atom. The molecule has 2 aromatic carbocycles. The van der Waals surface area contributed by atoms with Gasteiger partial charge in [0.05, 0.1) is 11.4 Å². The zero-order valence-electron chi connectivity index (χ0n) is 17.8. The normalized spacial score (nSPS) is 18.1. The van der Waals surface area contributed by atoms with Crippen LogP contribution >= 0.6 is 0 Å². The average molecular weight is 434 g/mol. The van der Waals surface area contributed by atoms with E-state index in [9.17, 15) is 9.00 Å². The fourth-order valence-corrected chi connectivity index (χ4v) is 5.07. The van der Waals surface area contributed by atoms with Crippen LogP contribution in [0.4, 0.5) is 0 Å². The van der Waals surface area contributed by atoms with Gasteiger partial charge in [-0.3, -0.25) is 13.9 Å². The van der Waals surface area contributed by atoms with Gasteiger partial charge in [-0.15, -0.1) is 0 Å². The maximum Gasteiger partial charge on any atom is 0.271 e. The lowest BCUT2D eigenvalue weighted by molar-refractivity contribution is 0.133. The Hall–Kier alpha value is -2.57. The highest BCUT2D eigenvalue weighted by Crippen LogP contribution is 2.29. The molecular weight excluding hydrogens is 406 g/mol. The molecule has 0 amide bonds. The minimum Gasteiger partial charge on any atom is -0.300 e. The van der Waals surface area contributed by atoms with E-state index in [1.807, 2.05) is 0 Å². The Balaban J connectivity index is 1.43. The van der Waals surface area contributed by atoms with Crippen molar-refractivity contribution in [3.8, 4) is 16.9 Å². The van der Waals surface area contributed by atoms with Crippen LogP contribution in [0.25, 0.3) is 16.9 Å². The highest BCUT2D eigenvalue weighted by molar-refractivity contribution is 7.84. The minimum absolute atomic E-state index is 0.181. The van der Waals surface area contributed by atoms with E-state index in [0.29, 0.717) is 5.69 Å². The van der Waals surface area contributed by atoms with Gasteiger partial charge in [0, 0.05) is 52.7 Å². The minimum atomic E-state index is -1.05. The van der Waals surface area contributed by atoms with Crippen LogP contribution in [0, 0.1) is 0 Å². The Labute approximate surface area is 185 Å². The van der Waals surface area contributed by atoms with Gasteiger partial charge in [-0.25, -0.2) is 0 Å². The number of fused-ring (bicyclic) bond motifs is 1. The first-order valence-corrected chi connectivity index (χ1v) is 12.5. The maximum absolute atomic E-state index is 12.5. The van der Waals surface area contributed by atoms with Crippen molar-refractivity contribution in [1.29, 1.82) is 0 Å². The van der Waals surface area contributed by atoms with Gasteiger partial charge >= 0.3 is 0 Å². The number of benzene rings is 2. The molecule has 1 aliphatic heterocycles. The molecule has 2 aliphatic rings. The summed E-state index contributed by atoms with van der Waals surface area (Å²) >= 11 is 0. The zero-order valence-corrected chi connectivity index (χ0v) is 18.6. The lowest BCUT2D eigenvalue weighted by atomic mass is 9.91. The molecular formula is C25H27N3O2S. The second-order valence-corrected chi connectivity index (χ2v) is 9.90. The summed E-state index contributed by atoms with van der Waals surface area (Å²) in [6, 6.07) is 17.9. The van der Waals surface area contributed by atoms with Crippen molar-refractivity contribution in [3.05, 3.63) is 76.1 Å². The van der Waals surface area contributed by atoms with Crippen LogP contribution in [0.2, 0.25) is 0 Å². The first kappa shape index (κ1) is 20.3. The van der Waals surface area contributed by atoms with E-state index in [-0.39, 0.29) is 5.56 Å². The van der Waals surface area contributed by atoms with Crippen molar-refractivity contribution >= 4 is 10.8 Å². The van der Waals surface area contributed by atoms with Crippen molar-refractivity contribution in [2.75, 3.05) is 19.3 Å². The van der Waals surface area contributed by atoms with Crippen molar-refractivity contribution in [2.24, 2.45) is 0 Å². The fraction of sp³-hybridized carbons (Fsp3) is 0.360. The molecule has 1 unspecified atom stereocenters. The summed E-state index contributed by atoms with van der Waals surface area (Å²) in [5.74, 6) is 0. The second kappa shape index (κ2) is 8.52. The topological polar surface area (TPSA) is 55.2 Å². The van der Waals surface area contributed by atoms with Gasteiger partial charge in [0.1, 0.15) is 0 Å². The molecule has 5 rings (SSSR count). The number of hydrogen-bond donors (Lipinski definition) is 0. The molecule has 0 N–H and O–H groups in total. The quantitative estimate of drug-likeness (QED) is 0.631. The van der Waals surface area contributed by atoms with Crippen molar-refractivity contribution < 1.29 is 4.21 Å². The number of nitrogens with zero attached hydrogens (tertiary/aromatic N) is 3. The lowest BCUT2D eigenvalue weighted by Crippen LogP contribution is -2.41. The van der Waals surface area contributed by atoms with E-state index in [4.69, 9.17) is 0 Å². The molecule has 160 valence electrons. The Kier molecular flexibility index (Phi) is 5.59. The molecule has 1 aliphatic carbocycles. The predicted molar refractivity (Wildman–Crippen MR) is 124 cm³/mol. The average Bonchev–Trinajstić information content (AvgIpc) is 2.95. The van der Waals surface area contributed by atoms with Gasteiger partial charge < -0.3 is 0 Å². The smallest absolute Gasteiger partial charge is 0.271 e. The van der Waals surface area contributed by atoms with Crippen molar-refractivity contribution in [2.45, 2.75) is 43.0 Å². The van der Waals surface area contributed by atoms with Gasteiger partial charge in [-0.2, -0.15) is 9.78 Å². The summed E-state index contributed by atoms with van der Waals surface area (Å²) in [4.78, 5) is 15.9. The predicted octanol–water partition coefficient (Wildman–Crippen LogP) is 3.59. The Morgan fingerprint density at radius 1 is 0.935 bits per heavy atom. The summed E-state index contributed by atoms with van der Waals surface area (Å²) in [6.45, 7) is 2.28. The van der Waals surface area contributed by atoms with Gasteiger partial charge in [0.2, 0.25) is 0 Å². The van der Waals surface area contributed by atoms with Crippen LogP contribution in [0.1, 0.15) is 30.4 Å². The van der Waals surface area contributed by atoms with Crippen LogP contribution in [0.5, 0.6) is 0 Å². The van der Waals surface area contributed by atoms with Crippen LogP contribution in [-0.4, -0.2) is 44.3 Å². The van der Waals surface area contributed by atoms with E-state index in [1.165, 1.54) is 35.1 Å². The maximum atomic E-state index is 12.5. The molecule has 3 aromatic rings. The lowest BCUT2D eigenvalue weighted by Gasteiger charge is -2.36. The second-order valence-electron chi connectivity index (χ2n) is 8.52. The zero-order chi connectivity index (χ0) is 21.4. The van der Waals surface area contributed by atoms with Crippen LogP contribution in [0.15, 0.2) is 64.3 Å². The van der Waals surface area contributed by atoms with E-state index in [2.05, 4.69) is 28.2 Å². The van der Waals surface area contributed by atoms with Crippen LogP contribution in [-0.2, 0) is 23.6 Å². The monoisotopic (exact) mass is 433 g/mol. The van der Waals surface area contributed by atoms with E-state index in [0.717, 1.165) is 48.1 Å². The van der Waals surface area contributed by atoms with Gasteiger partial charge in [-0.1, -0.05) is 18.6 Å². The molecule has 1 fully saturated rings. The largest absolute Gasteiger partial charge is 0.300 e. The standard InChI is InChI=1S/C25H27N3O2S/c1-31(30)23-9-7-22(8-10-23)28-25(29)12-11-24(26-28)20-6-5-18-13-15-27(21-3-2-4-21)16-14-19(18)17-20/h5-12,17,21H,2-4,13-16H2,1H3. The third-order valence-corrected chi connectivity index (χ3v) is 7.58. The SMILES string of the molecule is CS(=O)c1ccc(-n2nc(-c3ccc4c(c3)CCN(C3CCC3)CC4)ccc2=O)cc1. The highest BCUT2D eigenvalue weighted by atomic mass is 32.2. The van der Waals surface area contributed by atoms with Gasteiger partial charge in [0.15, 0.2) is 0 Å². The molecule has 2 heterocycles. The first-order valence-electron chi connectivity index (χ1n) is 11.0. The molecule has 1 saturated carbocycles. The van der Waals surface area contributed by atoms with E-state index >= 15 is 0 Å². The number of hydrogen-bond acceptors (Lipinski definition) is 4. The molecule has 31 heavy (non-hydrogen) atoms. The fourth-order valence-electron chi connectivity index (χ4n) is 4.55. The van der Waals surface area contributed by atoms with Crippen molar-refractivity contribution in [1.82, 2.24) is 14.7 Å². The van der Waals surface area contributed by atoms with Crippen LogP contribution < -0.4 is 5.56 Å². The molecule has 1 atom stereocenters. The highest BCUT2D eigenvalue weighted by Gasteiger charge is 2.26. The molecule has 0 spiro atoms. The summed E-state index contributed by atoms with van der Waals surface area (Å²) in [5.41, 5.74) is 5.14. The van der Waals surface area contributed by atoms with Crippen LogP contribution in [0.3, 0.4) is 0 Å². The first-order chi connectivity index (χ1) is 15.1. The molecule has 0 saturated heterocycles. The summed E-state index contributed by atoms with van der Waals surface area (Å²) in [6.07, 6.45) is 7.88. The number of rotatable bonds is 4. The van der Waals surface area contributed by atoms with E-state index in [1.54, 1.807) is 42.7 Å². The summed E-state index contributed by atoms with van der Waals surface area (Å²) in [7, 11) is -1.05.